The largest absolute Gasteiger partial charge is 0.399 e. The molecule has 2 aromatic carbocycles. The van der Waals surface area contributed by atoms with E-state index in [0.29, 0.717) is 11.3 Å². The number of nitrogens with zero attached hydrogens (tertiary/aromatic N) is 3. The van der Waals surface area contributed by atoms with Crippen molar-refractivity contribution in [3.8, 4) is 11.8 Å². The molecule has 1 heterocycles. The molecule has 0 aliphatic carbocycles. The SMILES string of the molecule is CCCc1nc2cc(N)ccc2n1-c1ccccc1C#N. The van der Waals surface area contributed by atoms with Crippen LogP contribution in [-0.4, -0.2) is 9.55 Å². The predicted molar refractivity (Wildman–Crippen MR) is 84.2 cm³/mol. The van der Waals surface area contributed by atoms with Gasteiger partial charge in [-0.1, -0.05) is 19.1 Å². The number of nitriles is 1. The van der Waals surface area contributed by atoms with Crippen molar-refractivity contribution in [3.05, 3.63) is 53.9 Å². The van der Waals surface area contributed by atoms with Crippen LogP contribution in [-0.2, 0) is 6.42 Å². The Labute approximate surface area is 123 Å². The number of fused-ring (bicyclic) bond motifs is 1. The first-order valence-corrected chi connectivity index (χ1v) is 7.01. The molecule has 4 heteroatoms. The summed E-state index contributed by atoms with van der Waals surface area (Å²) >= 11 is 0. The van der Waals surface area contributed by atoms with Crippen LogP contribution in [0.3, 0.4) is 0 Å². The smallest absolute Gasteiger partial charge is 0.114 e. The summed E-state index contributed by atoms with van der Waals surface area (Å²) in [6.07, 6.45) is 1.85. The molecule has 0 saturated heterocycles. The Morgan fingerprint density at radius 2 is 2.05 bits per heavy atom. The maximum absolute atomic E-state index is 9.35. The van der Waals surface area contributed by atoms with Crippen molar-refractivity contribution in [2.24, 2.45) is 0 Å². The van der Waals surface area contributed by atoms with Crippen molar-refractivity contribution in [1.82, 2.24) is 9.55 Å². The van der Waals surface area contributed by atoms with Crippen LogP contribution in [0.2, 0.25) is 0 Å². The van der Waals surface area contributed by atoms with Crippen molar-refractivity contribution < 1.29 is 0 Å². The average Bonchev–Trinajstić information content (AvgIpc) is 2.84. The van der Waals surface area contributed by atoms with E-state index in [1.165, 1.54) is 0 Å². The number of nitrogen functional groups attached to an aromatic ring is 1. The summed E-state index contributed by atoms with van der Waals surface area (Å²) in [6.45, 7) is 2.12. The third-order valence-electron chi connectivity index (χ3n) is 3.49. The molecule has 0 aliphatic rings. The fourth-order valence-corrected chi connectivity index (χ4v) is 2.57. The molecule has 0 amide bonds. The lowest BCUT2D eigenvalue weighted by molar-refractivity contribution is 0.817. The van der Waals surface area contributed by atoms with Gasteiger partial charge in [0.15, 0.2) is 0 Å². The number of rotatable bonds is 3. The van der Waals surface area contributed by atoms with Gasteiger partial charge in [0.05, 0.1) is 22.3 Å². The van der Waals surface area contributed by atoms with Crippen molar-refractivity contribution in [2.45, 2.75) is 19.8 Å². The number of para-hydroxylation sites is 1. The highest BCUT2D eigenvalue weighted by Gasteiger charge is 2.14. The third-order valence-corrected chi connectivity index (χ3v) is 3.49. The lowest BCUT2D eigenvalue weighted by atomic mass is 10.1. The van der Waals surface area contributed by atoms with Gasteiger partial charge < -0.3 is 5.73 Å². The first kappa shape index (κ1) is 13.2. The van der Waals surface area contributed by atoms with Gasteiger partial charge in [-0.15, -0.1) is 0 Å². The highest BCUT2D eigenvalue weighted by molar-refractivity contribution is 5.82. The van der Waals surface area contributed by atoms with E-state index in [2.05, 4.69) is 22.5 Å². The highest BCUT2D eigenvalue weighted by Crippen LogP contribution is 2.26. The summed E-state index contributed by atoms with van der Waals surface area (Å²) in [5.74, 6) is 0.959. The molecule has 0 atom stereocenters. The fraction of sp³-hybridized carbons (Fsp3) is 0.176. The molecule has 3 aromatic rings. The van der Waals surface area contributed by atoms with Crippen molar-refractivity contribution in [1.29, 1.82) is 5.26 Å². The van der Waals surface area contributed by atoms with E-state index in [4.69, 9.17) is 5.73 Å². The van der Waals surface area contributed by atoms with Gasteiger partial charge in [0.2, 0.25) is 0 Å². The standard InChI is InChI=1S/C17H16N4/c1-2-5-17-20-14-10-13(19)8-9-16(14)21(17)15-7-4-3-6-12(15)11-18/h3-4,6-10H,2,5,19H2,1H3. The second kappa shape index (κ2) is 5.29. The number of aromatic nitrogens is 2. The van der Waals surface area contributed by atoms with Crippen molar-refractivity contribution >= 4 is 16.7 Å². The van der Waals surface area contributed by atoms with Gasteiger partial charge in [-0.3, -0.25) is 4.57 Å². The molecule has 0 radical (unpaired) electrons. The minimum Gasteiger partial charge on any atom is -0.399 e. The number of benzene rings is 2. The maximum atomic E-state index is 9.35. The van der Waals surface area contributed by atoms with Crippen LogP contribution in [0.15, 0.2) is 42.5 Å². The van der Waals surface area contributed by atoms with Gasteiger partial charge in [0, 0.05) is 12.1 Å². The Bertz CT molecular complexity index is 840. The monoisotopic (exact) mass is 276 g/mol. The quantitative estimate of drug-likeness (QED) is 0.745. The Hall–Kier alpha value is -2.80. The first-order valence-electron chi connectivity index (χ1n) is 7.01. The zero-order valence-corrected chi connectivity index (χ0v) is 11.9. The van der Waals surface area contributed by atoms with E-state index in [1.54, 1.807) is 0 Å². The molecule has 0 saturated carbocycles. The van der Waals surface area contributed by atoms with Gasteiger partial charge in [-0.05, 0) is 36.8 Å². The Morgan fingerprint density at radius 3 is 2.81 bits per heavy atom. The highest BCUT2D eigenvalue weighted by atomic mass is 15.1. The van der Waals surface area contributed by atoms with Crippen LogP contribution in [0, 0.1) is 11.3 Å². The molecule has 104 valence electrons. The van der Waals surface area contributed by atoms with E-state index in [1.807, 2.05) is 42.5 Å². The summed E-state index contributed by atoms with van der Waals surface area (Å²) in [5, 5.41) is 9.35. The summed E-state index contributed by atoms with van der Waals surface area (Å²) < 4.78 is 2.07. The molecule has 0 fully saturated rings. The van der Waals surface area contributed by atoms with E-state index in [9.17, 15) is 5.26 Å². The lowest BCUT2D eigenvalue weighted by Gasteiger charge is -2.10. The van der Waals surface area contributed by atoms with Gasteiger partial charge in [0.25, 0.3) is 0 Å². The van der Waals surface area contributed by atoms with Crippen LogP contribution in [0.1, 0.15) is 24.7 Å². The number of hydrogen-bond acceptors (Lipinski definition) is 3. The van der Waals surface area contributed by atoms with Crippen LogP contribution in [0.25, 0.3) is 16.7 Å². The molecule has 21 heavy (non-hydrogen) atoms. The third kappa shape index (κ3) is 2.23. The van der Waals surface area contributed by atoms with E-state index in [-0.39, 0.29) is 0 Å². The van der Waals surface area contributed by atoms with Crippen LogP contribution < -0.4 is 5.73 Å². The second-order valence-corrected chi connectivity index (χ2v) is 4.99. The molecular weight excluding hydrogens is 260 g/mol. The van der Waals surface area contributed by atoms with Gasteiger partial charge >= 0.3 is 0 Å². The normalized spacial score (nSPS) is 10.7. The summed E-state index contributed by atoms with van der Waals surface area (Å²) in [5.41, 5.74) is 9.91. The minimum absolute atomic E-state index is 0.644. The average molecular weight is 276 g/mol. The maximum Gasteiger partial charge on any atom is 0.114 e. The van der Waals surface area contributed by atoms with E-state index >= 15 is 0 Å². The molecule has 0 aliphatic heterocycles. The predicted octanol–water partition coefficient (Wildman–Crippen LogP) is 3.43. The van der Waals surface area contributed by atoms with E-state index < -0.39 is 0 Å². The Morgan fingerprint density at radius 1 is 1.24 bits per heavy atom. The van der Waals surface area contributed by atoms with Gasteiger partial charge in [-0.25, -0.2) is 4.98 Å². The zero-order chi connectivity index (χ0) is 14.8. The summed E-state index contributed by atoms with van der Waals surface area (Å²) in [7, 11) is 0. The second-order valence-electron chi connectivity index (χ2n) is 4.99. The van der Waals surface area contributed by atoms with Gasteiger partial charge in [-0.2, -0.15) is 5.26 Å². The summed E-state index contributed by atoms with van der Waals surface area (Å²) in [4.78, 5) is 4.69. The van der Waals surface area contributed by atoms with Gasteiger partial charge in [0.1, 0.15) is 11.9 Å². The minimum atomic E-state index is 0.644. The number of hydrogen-bond donors (Lipinski definition) is 1. The van der Waals surface area contributed by atoms with Crippen molar-refractivity contribution in [2.75, 3.05) is 5.73 Å². The number of anilines is 1. The molecule has 0 bridgehead atoms. The molecular formula is C17H16N4. The Kier molecular flexibility index (Phi) is 3.33. The lowest BCUT2D eigenvalue weighted by Crippen LogP contribution is -2.03. The molecule has 0 spiro atoms. The molecule has 0 unspecified atom stereocenters. The number of imidazole rings is 1. The van der Waals surface area contributed by atoms with E-state index in [0.717, 1.165) is 35.4 Å². The zero-order valence-electron chi connectivity index (χ0n) is 11.9. The molecule has 4 nitrogen and oxygen atoms in total. The summed E-state index contributed by atoms with van der Waals surface area (Å²) in [6, 6.07) is 15.6. The number of nitrogens with two attached hydrogens (primary N) is 1. The topological polar surface area (TPSA) is 67.6 Å². The Balaban J connectivity index is 2.34. The molecule has 1 aromatic heterocycles. The molecule has 2 N–H and O–H groups in total. The molecule has 3 rings (SSSR count). The van der Waals surface area contributed by atoms with Crippen LogP contribution >= 0.6 is 0 Å². The van der Waals surface area contributed by atoms with Crippen molar-refractivity contribution in [3.63, 3.8) is 0 Å². The van der Waals surface area contributed by atoms with Crippen LogP contribution in [0.5, 0.6) is 0 Å². The first-order chi connectivity index (χ1) is 10.2. The fourth-order valence-electron chi connectivity index (χ4n) is 2.57. The number of aryl methyl sites for hydroxylation is 1. The van der Waals surface area contributed by atoms with Crippen LogP contribution in [0.4, 0.5) is 5.69 Å².